The largest absolute Gasteiger partial charge is 0.361 e. The molecule has 6 aromatic rings. The summed E-state index contributed by atoms with van der Waals surface area (Å²) in [5.74, 6) is 4.62. The van der Waals surface area contributed by atoms with Gasteiger partial charge in [-0.15, -0.1) is 0 Å². The standard InChI is InChI=1S/C40H61N5O3Si.C40H59N5O3Si.C34H47N5O2/c2*1-5-30(46)11-7-6-8-12-34-38-41-27-37(45(38)28-48-23-24-49(2,3)4)29-13-14-31-32(25-29)36-16-15-35(31)44(36)20-10-9-19-43-21-17-40(18-22-43)26-33(40)39(47)42-34;1-2-24(40)8-4-3-5-9-28-32-35-22-29(36-32)23-10-11-25-26(20-23)31-13-12-30(25)39(31)17-7-6-16-38-18-14-34(15-19-38)21-27(34)33(41)37-28/h13-14,25,27,33-36H,5-12,15-24,26,28H2,1-4H3,(H,42,47);9-10,13-14,25,27,33-36H,5-8,11-12,15-24,26,28H2,1-4H3,(H,42,47);10-11,20,22,27-28,30-31H,2-9,12-19,21H2,1H3,(H,35,36)(H,37,41)/b;10-9+;/t2*33-,34+,35?,36?;27-,28+,30?,31?/m111/s1. The fourth-order valence-corrected chi connectivity index (χ4v) is 28.6. The van der Waals surface area contributed by atoms with Crippen molar-refractivity contribution in [1.29, 1.82) is 0 Å². The zero-order valence-electron chi connectivity index (χ0n) is 86.1. The van der Waals surface area contributed by atoms with Gasteiger partial charge in [0.25, 0.3) is 0 Å². The van der Waals surface area contributed by atoms with E-state index in [1.807, 2.05) is 39.4 Å². The Hall–Kier alpha value is -7.44. The second kappa shape index (κ2) is 43.9. The van der Waals surface area contributed by atoms with Crippen molar-refractivity contribution in [1.82, 2.24) is 74.4 Å². The number of carbonyl (C=O) groups is 6. The molecule has 27 bridgehead atoms. The van der Waals surface area contributed by atoms with Crippen LogP contribution in [0.25, 0.3) is 33.8 Å². The normalized spacial score (nSPS) is 31.8. The van der Waals surface area contributed by atoms with E-state index >= 15 is 0 Å². The minimum Gasteiger partial charge on any atom is -0.361 e. The van der Waals surface area contributed by atoms with Crippen molar-refractivity contribution in [3.05, 3.63) is 136 Å². The summed E-state index contributed by atoms with van der Waals surface area (Å²) in [5.41, 5.74) is 16.3. The van der Waals surface area contributed by atoms with Gasteiger partial charge in [0.15, 0.2) is 0 Å². The minimum atomic E-state index is -1.25. The zero-order valence-corrected chi connectivity index (χ0v) is 88.1. The SMILES string of the molecule is CCC(=O)CCCCC[C@@H]1NC(=O)[C@H]2CC23CCN(C/C=C/CN2C4CCC2c2cc(ccc24)-c2cnc1n2COCC[Si](C)(C)C)CC3.CCC(=O)CCCCC[C@@H]1NC(=O)[C@H]2CC23CCN(CCCCN2C4CCC2c2cc(ccc24)-c2cnc1[nH]2)CC3.CCC(=O)CCCCC[C@@H]1NC(=O)[C@H]2CC23CCN(CCCCN2C4CCC2c2cc(ccc24)-c2cnc1n2COCC[Si](C)(C)C)CC3. The van der Waals surface area contributed by atoms with Crippen LogP contribution in [0.5, 0.6) is 0 Å². The summed E-state index contributed by atoms with van der Waals surface area (Å²) < 4.78 is 17.4. The number of unbranched alkanes of at least 4 members (excludes halogenated alkanes) is 6. The Labute approximate surface area is 832 Å². The number of benzene rings is 3. The minimum absolute atomic E-state index is 0.0876. The average Bonchev–Trinajstić information content (AvgIpc) is 1.58. The lowest BCUT2D eigenvalue weighted by molar-refractivity contribution is -0.125. The number of H-pyrrole nitrogens is 1. The molecule has 3 aliphatic carbocycles. The second-order valence-corrected chi connectivity index (χ2v) is 58.9. The highest BCUT2D eigenvalue weighted by atomic mass is 28.3. The zero-order chi connectivity index (χ0) is 96.3. The topological polar surface area (TPSA) is 241 Å². The highest BCUT2D eigenvalue weighted by Gasteiger charge is 2.62. The molecular formula is C114H167N15O8Si2. The molecule has 3 aromatic carbocycles. The van der Waals surface area contributed by atoms with Crippen molar-refractivity contribution in [3.63, 3.8) is 0 Å². The van der Waals surface area contributed by atoms with Gasteiger partial charge in [-0.3, -0.25) is 48.4 Å². The average molecular weight is 1930 g/mol. The molecule has 9 unspecified atom stereocenters. The number of nitrogens with zero attached hydrogens (tertiary/aromatic N) is 11. The van der Waals surface area contributed by atoms with E-state index in [4.69, 9.17) is 24.4 Å². The first-order valence-electron chi connectivity index (χ1n) is 55.7. The Balaban J connectivity index is 0.000000134. The Bertz CT molecular complexity index is 5300. The molecule has 23 nitrogen and oxygen atoms in total. The summed E-state index contributed by atoms with van der Waals surface area (Å²) in [5, 5.41) is 10.5. The van der Waals surface area contributed by atoms with Crippen LogP contribution in [-0.4, -0.2) is 201 Å². The van der Waals surface area contributed by atoms with Crippen LogP contribution >= 0.6 is 0 Å². The van der Waals surface area contributed by atoms with Crippen LogP contribution in [-0.2, 0) is 51.7 Å². The summed E-state index contributed by atoms with van der Waals surface area (Å²) >= 11 is 0. The number of aromatic amines is 1. The van der Waals surface area contributed by atoms with E-state index in [1.165, 1.54) is 140 Å². The molecule has 18 aliphatic rings. The maximum atomic E-state index is 14.1. The van der Waals surface area contributed by atoms with Crippen molar-refractivity contribution in [3.8, 4) is 33.8 Å². The van der Waals surface area contributed by atoms with Crippen molar-refractivity contribution >= 4 is 51.2 Å². The third-order valence-corrected chi connectivity index (χ3v) is 39.7. The number of amides is 3. The van der Waals surface area contributed by atoms with Crippen LogP contribution in [0.2, 0.25) is 51.4 Å². The van der Waals surface area contributed by atoms with Crippen LogP contribution < -0.4 is 16.0 Å². The number of hydrogen-bond acceptors (Lipinski definition) is 17. The van der Waals surface area contributed by atoms with Crippen molar-refractivity contribution in [2.45, 2.75) is 378 Å². The lowest BCUT2D eigenvalue weighted by Crippen LogP contribution is -2.38. The summed E-state index contributed by atoms with van der Waals surface area (Å²) in [6, 6.07) is 26.1. The smallest absolute Gasteiger partial charge is 0.224 e. The molecule has 18 heterocycles. The third-order valence-electron chi connectivity index (χ3n) is 36.3. The van der Waals surface area contributed by atoms with E-state index in [9.17, 15) is 28.8 Å². The Morgan fingerprint density at radius 1 is 0.396 bits per heavy atom. The summed E-state index contributed by atoms with van der Waals surface area (Å²) in [6.45, 7) is 35.9. The van der Waals surface area contributed by atoms with E-state index < -0.39 is 16.1 Å². The predicted molar refractivity (Wildman–Crippen MR) is 556 cm³/mol. The van der Waals surface area contributed by atoms with Gasteiger partial charge in [0.2, 0.25) is 17.7 Å². The predicted octanol–water partition coefficient (Wildman–Crippen LogP) is 22.1. The molecule has 754 valence electrons. The highest BCUT2D eigenvalue weighted by molar-refractivity contribution is 6.76. The summed E-state index contributed by atoms with van der Waals surface area (Å²) in [4.78, 5) is 112. The first-order valence-corrected chi connectivity index (χ1v) is 63.1. The molecule has 3 aromatic heterocycles. The fourth-order valence-electron chi connectivity index (χ4n) is 27.1. The quantitative estimate of drug-likeness (QED) is 0.0180. The lowest BCUT2D eigenvalue weighted by Gasteiger charge is -2.33. The molecule has 139 heavy (non-hydrogen) atoms. The van der Waals surface area contributed by atoms with Crippen LogP contribution in [0, 0.1) is 34.0 Å². The molecule has 3 saturated carbocycles. The first-order chi connectivity index (χ1) is 67.4. The van der Waals surface area contributed by atoms with E-state index in [2.05, 4.69) is 165 Å². The molecule has 25 heteroatoms. The van der Waals surface area contributed by atoms with Gasteiger partial charge in [-0.1, -0.05) is 147 Å². The van der Waals surface area contributed by atoms with E-state index in [0.717, 1.165) is 247 Å². The molecule has 9 fully saturated rings. The second-order valence-electron chi connectivity index (χ2n) is 47.7. The number of nitrogens with one attached hydrogen (secondary N) is 4. The molecule has 15 aliphatic heterocycles. The van der Waals surface area contributed by atoms with Crippen molar-refractivity contribution in [2.24, 2.45) is 34.0 Å². The number of aromatic nitrogens is 6. The Morgan fingerprint density at radius 3 is 1.17 bits per heavy atom. The number of ether oxygens (including phenoxy) is 2. The number of fused-ring (bicyclic) bond motifs is 23. The van der Waals surface area contributed by atoms with Crippen LogP contribution in [0.1, 0.15) is 364 Å². The maximum absolute atomic E-state index is 14.1. The maximum Gasteiger partial charge on any atom is 0.224 e. The molecule has 0 radical (unpaired) electrons. The fraction of sp³-hybridized carbons (Fsp3) is 0.693. The van der Waals surface area contributed by atoms with Crippen LogP contribution in [0.3, 0.4) is 0 Å². The molecule has 4 N–H and O–H groups in total. The van der Waals surface area contributed by atoms with Crippen LogP contribution in [0.4, 0.5) is 0 Å². The lowest BCUT2D eigenvalue weighted by atomic mass is 9.90. The van der Waals surface area contributed by atoms with Crippen LogP contribution in [0.15, 0.2) is 85.3 Å². The molecule has 15 atom stereocenters. The summed E-state index contributed by atoms with van der Waals surface area (Å²) in [6.07, 6.45) is 48.0. The van der Waals surface area contributed by atoms with Crippen molar-refractivity contribution in [2.75, 3.05) is 91.8 Å². The van der Waals surface area contributed by atoms with Gasteiger partial charge in [-0.2, -0.15) is 0 Å². The molecule has 3 amide bonds. The number of hydrogen-bond donors (Lipinski definition) is 4. The number of imidazole rings is 3. The third kappa shape index (κ3) is 22.8. The highest BCUT2D eigenvalue weighted by Crippen LogP contribution is 2.64. The number of rotatable bonds is 31. The van der Waals surface area contributed by atoms with Gasteiger partial charge in [-0.05, 0) is 311 Å². The number of carbonyl (C=O) groups excluding carboxylic acids is 6. The molecule has 24 rings (SSSR count). The number of Topliss-reactive ketones (excluding diaryl/α,β-unsaturated/α-hetero) is 3. The Morgan fingerprint density at radius 2 is 0.755 bits per heavy atom. The number of piperidine rings is 3. The van der Waals surface area contributed by atoms with Gasteiger partial charge in [0, 0.05) is 146 Å². The van der Waals surface area contributed by atoms with E-state index in [-0.39, 0.29) is 69.8 Å². The van der Waals surface area contributed by atoms with Gasteiger partial charge in [-0.25, -0.2) is 15.0 Å². The molecule has 3 spiro atoms. The monoisotopic (exact) mass is 1930 g/mol. The molecule has 6 saturated heterocycles. The van der Waals surface area contributed by atoms with Gasteiger partial charge in [0.05, 0.1) is 53.8 Å². The first kappa shape index (κ1) is 100. The van der Waals surface area contributed by atoms with E-state index in [0.29, 0.717) is 106 Å². The van der Waals surface area contributed by atoms with E-state index in [1.54, 1.807) is 0 Å². The summed E-state index contributed by atoms with van der Waals surface area (Å²) in [7, 11) is -2.50. The van der Waals surface area contributed by atoms with Crippen molar-refractivity contribution < 1.29 is 38.2 Å². The van der Waals surface area contributed by atoms with Gasteiger partial charge < -0.3 is 49.3 Å². The number of ketones is 3. The Kier molecular flexibility index (Phi) is 31.6. The van der Waals surface area contributed by atoms with Gasteiger partial charge >= 0.3 is 0 Å². The molecular weight excluding hydrogens is 1760 g/mol. The van der Waals surface area contributed by atoms with Gasteiger partial charge in [0.1, 0.15) is 48.3 Å².